The summed E-state index contributed by atoms with van der Waals surface area (Å²) in [7, 11) is 1.77. The van der Waals surface area contributed by atoms with Crippen LogP contribution in [0.15, 0.2) is 18.2 Å². The Bertz CT molecular complexity index is 815. The van der Waals surface area contributed by atoms with Crippen molar-refractivity contribution in [3.8, 4) is 0 Å². The lowest BCUT2D eigenvalue weighted by molar-refractivity contribution is -0.138. The highest BCUT2D eigenvalue weighted by molar-refractivity contribution is 5.98. The lowest BCUT2D eigenvalue weighted by Crippen LogP contribution is -2.46. The van der Waals surface area contributed by atoms with Crippen LogP contribution in [0.25, 0.3) is 0 Å². The number of ether oxygens (including phenoxy) is 1. The van der Waals surface area contributed by atoms with Crippen molar-refractivity contribution in [1.29, 1.82) is 0 Å². The minimum Gasteiger partial charge on any atom is -0.444 e. The van der Waals surface area contributed by atoms with Crippen LogP contribution in [0.1, 0.15) is 44.7 Å². The molecule has 2 aliphatic rings. The highest BCUT2D eigenvalue weighted by Crippen LogP contribution is 2.31. The van der Waals surface area contributed by atoms with Gasteiger partial charge in [0.05, 0.1) is 6.54 Å². The van der Waals surface area contributed by atoms with Crippen LogP contribution < -0.4 is 4.90 Å². The second kappa shape index (κ2) is 8.05. The van der Waals surface area contributed by atoms with Crippen molar-refractivity contribution in [1.82, 2.24) is 9.80 Å². The van der Waals surface area contributed by atoms with Crippen molar-refractivity contribution in [2.45, 2.75) is 52.7 Å². The molecule has 158 valence electrons. The van der Waals surface area contributed by atoms with Gasteiger partial charge in [-0.1, -0.05) is 12.1 Å². The van der Waals surface area contributed by atoms with E-state index in [4.69, 9.17) is 4.74 Å². The zero-order valence-electron chi connectivity index (χ0n) is 18.0. The number of anilines is 1. The first kappa shape index (κ1) is 21.1. The fraction of sp³-hybridized carbons (Fsp3) is 0.591. The number of piperidine rings is 1. The number of benzene rings is 1. The normalized spacial score (nSPS) is 20.2. The van der Waals surface area contributed by atoms with Gasteiger partial charge in [0.2, 0.25) is 11.8 Å². The summed E-state index contributed by atoms with van der Waals surface area (Å²) in [6, 6.07) is 5.84. The Hall–Kier alpha value is -2.57. The van der Waals surface area contributed by atoms with Crippen molar-refractivity contribution in [3.05, 3.63) is 29.3 Å². The number of fused-ring (bicyclic) bond motifs is 1. The van der Waals surface area contributed by atoms with E-state index in [9.17, 15) is 14.4 Å². The molecule has 1 aromatic carbocycles. The average molecular weight is 402 g/mol. The molecule has 0 N–H and O–H groups in total. The predicted octanol–water partition coefficient (Wildman–Crippen LogP) is 2.95. The summed E-state index contributed by atoms with van der Waals surface area (Å²) in [6.07, 6.45) is 0.521. The van der Waals surface area contributed by atoms with E-state index in [1.807, 2.05) is 45.9 Å². The van der Waals surface area contributed by atoms with Crippen LogP contribution in [0.3, 0.4) is 0 Å². The van der Waals surface area contributed by atoms with Gasteiger partial charge in [-0.3, -0.25) is 9.59 Å². The molecule has 1 fully saturated rings. The van der Waals surface area contributed by atoms with Gasteiger partial charge in [-0.15, -0.1) is 0 Å². The van der Waals surface area contributed by atoms with E-state index in [-0.39, 0.29) is 30.2 Å². The van der Waals surface area contributed by atoms with E-state index in [0.29, 0.717) is 32.6 Å². The standard InChI is InChI=1S/C22H31N3O4/c1-15-7-6-8-18-17(15)14-24(21(28)29-22(2,3)4)11-12-25(18)20(27)16-9-10-23(5)19(26)13-16/h6-8,16H,9-14H2,1-5H3. The van der Waals surface area contributed by atoms with Crippen LogP contribution in [0.4, 0.5) is 10.5 Å². The number of rotatable bonds is 1. The maximum Gasteiger partial charge on any atom is 0.410 e. The summed E-state index contributed by atoms with van der Waals surface area (Å²) in [5.41, 5.74) is 2.22. The molecule has 3 rings (SSSR count). The Kier molecular flexibility index (Phi) is 5.87. The molecule has 0 radical (unpaired) electrons. The highest BCUT2D eigenvalue weighted by atomic mass is 16.6. The zero-order chi connectivity index (χ0) is 21.3. The first-order valence-corrected chi connectivity index (χ1v) is 10.2. The number of hydrogen-bond acceptors (Lipinski definition) is 4. The quantitative estimate of drug-likeness (QED) is 0.725. The third kappa shape index (κ3) is 4.71. The van der Waals surface area contributed by atoms with Crippen molar-refractivity contribution >= 4 is 23.6 Å². The zero-order valence-corrected chi connectivity index (χ0v) is 18.0. The molecular formula is C22H31N3O4. The van der Waals surface area contributed by atoms with Crippen molar-refractivity contribution < 1.29 is 19.1 Å². The first-order valence-electron chi connectivity index (χ1n) is 10.2. The van der Waals surface area contributed by atoms with Gasteiger partial charge in [-0.2, -0.15) is 0 Å². The summed E-state index contributed by atoms with van der Waals surface area (Å²) in [5.74, 6) is -0.353. The Morgan fingerprint density at radius 3 is 2.52 bits per heavy atom. The molecule has 1 saturated heterocycles. The molecule has 7 nitrogen and oxygen atoms in total. The number of carbonyl (C=O) groups excluding carboxylic acids is 3. The Balaban J connectivity index is 1.87. The van der Waals surface area contributed by atoms with Crippen LogP contribution in [-0.4, -0.2) is 60.0 Å². The van der Waals surface area contributed by atoms with E-state index in [0.717, 1.165) is 16.8 Å². The van der Waals surface area contributed by atoms with Gasteiger partial charge in [-0.05, 0) is 51.3 Å². The fourth-order valence-electron chi connectivity index (χ4n) is 3.84. The van der Waals surface area contributed by atoms with Gasteiger partial charge >= 0.3 is 6.09 Å². The van der Waals surface area contributed by atoms with E-state index in [2.05, 4.69) is 0 Å². The Morgan fingerprint density at radius 2 is 1.86 bits per heavy atom. The second-order valence-electron chi connectivity index (χ2n) is 8.97. The van der Waals surface area contributed by atoms with Crippen LogP contribution >= 0.6 is 0 Å². The predicted molar refractivity (Wildman–Crippen MR) is 111 cm³/mol. The average Bonchev–Trinajstić information content (AvgIpc) is 2.83. The van der Waals surface area contributed by atoms with E-state index < -0.39 is 5.60 Å². The molecular weight excluding hydrogens is 370 g/mol. The monoisotopic (exact) mass is 401 g/mol. The van der Waals surface area contributed by atoms with Crippen LogP contribution in [0, 0.1) is 12.8 Å². The molecule has 0 spiro atoms. The minimum absolute atomic E-state index is 0.00395. The number of aryl methyl sites for hydroxylation is 1. The largest absolute Gasteiger partial charge is 0.444 e. The summed E-state index contributed by atoms with van der Waals surface area (Å²) in [5, 5.41) is 0. The third-order valence-corrected chi connectivity index (χ3v) is 5.55. The summed E-state index contributed by atoms with van der Waals surface area (Å²) in [6.45, 7) is 9.27. The molecule has 0 aliphatic carbocycles. The number of amides is 3. The van der Waals surface area contributed by atoms with Crippen molar-refractivity contribution in [2.24, 2.45) is 5.92 Å². The SMILES string of the molecule is Cc1cccc2c1CN(C(=O)OC(C)(C)C)CCN2C(=O)C1CCN(C)C(=O)C1. The number of likely N-dealkylation sites (tertiary alicyclic amines) is 1. The maximum absolute atomic E-state index is 13.4. The van der Waals surface area contributed by atoms with Gasteiger partial charge in [0, 0.05) is 44.7 Å². The summed E-state index contributed by atoms with van der Waals surface area (Å²) >= 11 is 0. The molecule has 2 aliphatic heterocycles. The minimum atomic E-state index is -0.581. The van der Waals surface area contributed by atoms with Gasteiger partial charge in [-0.25, -0.2) is 4.79 Å². The Labute approximate surface area is 172 Å². The van der Waals surface area contributed by atoms with Gasteiger partial charge in [0.25, 0.3) is 0 Å². The molecule has 1 atom stereocenters. The molecule has 29 heavy (non-hydrogen) atoms. The van der Waals surface area contributed by atoms with Gasteiger partial charge in [0.15, 0.2) is 0 Å². The van der Waals surface area contributed by atoms with E-state index in [1.165, 1.54) is 0 Å². The number of hydrogen-bond donors (Lipinski definition) is 0. The molecule has 7 heteroatoms. The molecule has 1 aromatic rings. The highest BCUT2D eigenvalue weighted by Gasteiger charge is 2.35. The molecule has 0 aromatic heterocycles. The van der Waals surface area contributed by atoms with Crippen molar-refractivity contribution in [3.63, 3.8) is 0 Å². The van der Waals surface area contributed by atoms with Crippen molar-refractivity contribution in [2.75, 3.05) is 31.6 Å². The second-order valence-corrected chi connectivity index (χ2v) is 8.97. The molecule has 0 saturated carbocycles. The summed E-state index contributed by atoms with van der Waals surface area (Å²) < 4.78 is 5.56. The Morgan fingerprint density at radius 1 is 1.14 bits per heavy atom. The first-order chi connectivity index (χ1) is 13.6. The van der Waals surface area contributed by atoms with E-state index >= 15 is 0 Å². The number of carbonyl (C=O) groups is 3. The van der Waals surface area contributed by atoms with Crippen LogP contribution in [-0.2, 0) is 20.9 Å². The lowest BCUT2D eigenvalue weighted by atomic mass is 9.94. The summed E-state index contributed by atoms with van der Waals surface area (Å²) in [4.78, 5) is 43.3. The maximum atomic E-state index is 13.4. The lowest BCUT2D eigenvalue weighted by Gasteiger charge is -2.32. The fourth-order valence-corrected chi connectivity index (χ4v) is 3.84. The molecule has 1 unspecified atom stereocenters. The molecule has 0 bridgehead atoms. The van der Waals surface area contributed by atoms with E-state index in [1.54, 1.807) is 21.7 Å². The molecule has 2 heterocycles. The topological polar surface area (TPSA) is 70.2 Å². The van der Waals surface area contributed by atoms with Gasteiger partial charge in [0.1, 0.15) is 5.60 Å². The number of nitrogens with zero attached hydrogens (tertiary/aromatic N) is 3. The van der Waals surface area contributed by atoms with Crippen LogP contribution in [0.2, 0.25) is 0 Å². The third-order valence-electron chi connectivity index (χ3n) is 5.55. The van der Waals surface area contributed by atoms with Gasteiger partial charge < -0.3 is 19.4 Å². The smallest absolute Gasteiger partial charge is 0.410 e. The molecule has 3 amide bonds. The van der Waals surface area contributed by atoms with Crippen LogP contribution in [0.5, 0.6) is 0 Å².